The third-order valence-corrected chi connectivity index (χ3v) is 6.41. The Morgan fingerprint density at radius 1 is 1.20 bits per heavy atom. The predicted molar refractivity (Wildman–Crippen MR) is 99.2 cm³/mol. The van der Waals surface area contributed by atoms with Crippen LogP contribution in [0.25, 0.3) is 5.57 Å². The van der Waals surface area contributed by atoms with E-state index in [2.05, 4.69) is 11.4 Å². The molecule has 1 aromatic rings. The lowest BCUT2D eigenvalue weighted by atomic mass is 9.86. The van der Waals surface area contributed by atoms with Gasteiger partial charge in [0.2, 0.25) is 0 Å². The first kappa shape index (κ1) is 16.5. The number of hydrogen-bond donors (Lipinski definition) is 2. The number of hydrogen-bond acceptors (Lipinski definition) is 2. The summed E-state index contributed by atoms with van der Waals surface area (Å²) in [7, 11) is 0. The van der Waals surface area contributed by atoms with Crippen molar-refractivity contribution in [3.05, 3.63) is 35.9 Å². The molecule has 2 amide bonds. The van der Waals surface area contributed by atoms with E-state index in [1.165, 1.54) is 31.3 Å². The van der Waals surface area contributed by atoms with Crippen molar-refractivity contribution in [2.45, 2.75) is 38.5 Å². The van der Waals surface area contributed by atoms with Crippen molar-refractivity contribution in [3.63, 3.8) is 0 Å². The van der Waals surface area contributed by atoms with Crippen LogP contribution in [-0.2, 0) is 0 Å². The van der Waals surface area contributed by atoms with Gasteiger partial charge in [-0.05, 0) is 73.1 Å². The second kappa shape index (κ2) is 7.11. The van der Waals surface area contributed by atoms with E-state index in [4.69, 9.17) is 0 Å². The number of fused-ring (bicyclic) bond motifs is 2. The maximum Gasteiger partial charge on any atom is 0.317 e. The van der Waals surface area contributed by atoms with Crippen LogP contribution in [0.3, 0.4) is 0 Å². The molecule has 0 spiro atoms. The fraction of sp³-hybridized carbons (Fsp3) is 0.571. The Labute approximate surface area is 149 Å². The number of rotatable bonds is 4. The zero-order valence-electron chi connectivity index (χ0n) is 14.8. The second-order valence-electron chi connectivity index (χ2n) is 7.93. The summed E-state index contributed by atoms with van der Waals surface area (Å²) in [4.78, 5) is 14.3. The highest BCUT2D eigenvalue weighted by molar-refractivity contribution is 5.76. The van der Waals surface area contributed by atoms with Crippen molar-refractivity contribution in [1.29, 1.82) is 0 Å². The number of carbonyl (C=O) groups is 1. The highest BCUT2D eigenvalue weighted by atomic mass is 16.3. The average Bonchev–Trinajstić information content (AvgIpc) is 3.26. The largest absolute Gasteiger partial charge is 0.508 e. The Kier molecular flexibility index (Phi) is 4.69. The average molecular weight is 340 g/mol. The van der Waals surface area contributed by atoms with E-state index < -0.39 is 0 Å². The molecule has 4 nitrogen and oxygen atoms in total. The number of nitrogens with one attached hydrogen (secondary N) is 1. The number of urea groups is 1. The Bertz CT molecular complexity index is 652. The minimum Gasteiger partial charge on any atom is -0.508 e. The van der Waals surface area contributed by atoms with Crippen LogP contribution in [0.4, 0.5) is 4.79 Å². The van der Waals surface area contributed by atoms with E-state index in [1.54, 1.807) is 12.1 Å². The van der Waals surface area contributed by atoms with E-state index in [-0.39, 0.29) is 11.8 Å². The Morgan fingerprint density at radius 2 is 2.04 bits per heavy atom. The van der Waals surface area contributed by atoms with Gasteiger partial charge in [-0.25, -0.2) is 4.79 Å². The van der Waals surface area contributed by atoms with Crippen molar-refractivity contribution in [3.8, 4) is 5.75 Å². The first-order chi connectivity index (χ1) is 12.2. The first-order valence-electron chi connectivity index (χ1n) is 9.70. The molecule has 2 N–H and O–H groups in total. The smallest absolute Gasteiger partial charge is 0.317 e. The molecule has 4 rings (SSSR count). The van der Waals surface area contributed by atoms with Gasteiger partial charge in [0.1, 0.15) is 5.75 Å². The third kappa shape index (κ3) is 3.68. The molecule has 2 fully saturated rings. The number of phenols is 1. The second-order valence-corrected chi connectivity index (χ2v) is 7.93. The molecule has 0 radical (unpaired) electrons. The summed E-state index contributed by atoms with van der Waals surface area (Å²) in [5.74, 6) is 3.06. The van der Waals surface area contributed by atoms with Crippen LogP contribution in [-0.4, -0.2) is 35.7 Å². The molecular formula is C21H28N2O2. The molecule has 3 aliphatic rings. The number of phenolic OH excluding ortho intramolecular Hbond substituents is 1. The van der Waals surface area contributed by atoms with Crippen LogP contribution in [0.15, 0.2) is 30.3 Å². The van der Waals surface area contributed by atoms with Gasteiger partial charge in [-0.3, -0.25) is 0 Å². The SMILES string of the molecule is O=C(NCCC1CC2CCC1C2)N1CC=C(c2ccc(O)cc2)CC1. The first-order valence-corrected chi connectivity index (χ1v) is 9.70. The lowest BCUT2D eigenvalue weighted by Crippen LogP contribution is -2.42. The molecule has 134 valence electrons. The van der Waals surface area contributed by atoms with Crippen LogP contribution >= 0.6 is 0 Å². The van der Waals surface area contributed by atoms with Crippen molar-refractivity contribution in [2.75, 3.05) is 19.6 Å². The van der Waals surface area contributed by atoms with Gasteiger partial charge in [-0.1, -0.05) is 24.6 Å². The van der Waals surface area contributed by atoms with E-state index in [1.807, 2.05) is 17.0 Å². The van der Waals surface area contributed by atoms with Gasteiger partial charge in [0.05, 0.1) is 0 Å². The summed E-state index contributed by atoms with van der Waals surface area (Å²) in [6, 6.07) is 7.37. The van der Waals surface area contributed by atoms with E-state index in [0.29, 0.717) is 6.54 Å². The van der Waals surface area contributed by atoms with Crippen LogP contribution in [0.2, 0.25) is 0 Å². The molecule has 0 aromatic heterocycles. The van der Waals surface area contributed by atoms with Gasteiger partial charge < -0.3 is 15.3 Å². The Balaban J connectivity index is 1.23. The van der Waals surface area contributed by atoms with Crippen LogP contribution < -0.4 is 5.32 Å². The number of aromatic hydroxyl groups is 1. The number of amides is 2. The molecule has 3 atom stereocenters. The fourth-order valence-electron chi connectivity index (χ4n) is 5.00. The maximum absolute atomic E-state index is 12.4. The highest BCUT2D eigenvalue weighted by Gasteiger charge is 2.38. The van der Waals surface area contributed by atoms with Crippen LogP contribution in [0.5, 0.6) is 5.75 Å². The zero-order valence-corrected chi connectivity index (χ0v) is 14.8. The molecule has 25 heavy (non-hydrogen) atoms. The van der Waals surface area contributed by atoms with Gasteiger partial charge >= 0.3 is 6.03 Å². The standard InChI is InChI=1S/C21H28N2O2/c24-20-5-3-16(4-6-20)17-8-11-23(12-9-17)21(25)22-10-7-19-14-15-1-2-18(19)13-15/h3-6,8,15,18-19,24H,1-2,7,9-14H2,(H,22,25). The van der Waals surface area contributed by atoms with Gasteiger partial charge in [0.15, 0.2) is 0 Å². The molecule has 1 aromatic carbocycles. The van der Waals surface area contributed by atoms with Gasteiger partial charge in [0.25, 0.3) is 0 Å². The Morgan fingerprint density at radius 3 is 2.68 bits per heavy atom. The fourth-order valence-corrected chi connectivity index (χ4v) is 5.00. The summed E-state index contributed by atoms with van der Waals surface area (Å²) in [6.07, 6.45) is 9.83. The molecule has 3 unspecified atom stereocenters. The normalized spacial score (nSPS) is 28.1. The molecule has 1 aliphatic heterocycles. The molecule has 2 saturated carbocycles. The topological polar surface area (TPSA) is 52.6 Å². The monoisotopic (exact) mass is 340 g/mol. The van der Waals surface area contributed by atoms with Gasteiger partial charge in [0, 0.05) is 19.6 Å². The minimum absolute atomic E-state index is 0.0733. The van der Waals surface area contributed by atoms with Crippen LogP contribution in [0, 0.1) is 17.8 Å². The molecule has 2 aliphatic carbocycles. The van der Waals surface area contributed by atoms with Crippen LogP contribution in [0.1, 0.15) is 44.1 Å². The van der Waals surface area contributed by atoms with Gasteiger partial charge in [-0.15, -0.1) is 0 Å². The highest BCUT2D eigenvalue weighted by Crippen LogP contribution is 2.49. The number of benzene rings is 1. The number of nitrogens with zero attached hydrogens (tertiary/aromatic N) is 1. The summed E-state index contributed by atoms with van der Waals surface area (Å²) < 4.78 is 0. The summed E-state index contributed by atoms with van der Waals surface area (Å²) in [6.45, 7) is 2.24. The van der Waals surface area contributed by atoms with Crippen molar-refractivity contribution >= 4 is 11.6 Å². The van der Waals surface area contributed by atoms with E-state index in [0.717, 1.165) is 49.2 Å². The quantitative estimate of drug-likeness (QED) is 0.870. The molecular weight excluding hydrogens is 312 g/mol. The van der Waals surface area contributed by atoms with Crippen molar-refractivity contribution in [1.82, 2.24) is 10.2 Å². The minimum atomic E-state index is 0.0733. The number of carbonyl (C=O) groups excluding carboxylic acids is 1. The zero-order chi connectivity index (χ0) is 17.2. The predicted octanol–water partition coefficient (Wildman–Crippen LogP) is 4.02. The van der Waals surface area contributed by atoms with E-state index >= 15 is 0 Å². The third-order valence-electron chi connectivity index (χ3n) is 6.41. The van der Waals surface area contributed by atoms with Crippen molar-refractivity contribution in [2.24, 2.45) is 17.8 Å². The molecule has 0 saturated heterocycles. The summed E-state index contributed by atoms with van der Waals surface area (Å²) >= 11 is 0. The molecule has 1 heterocycles. The van der Waals surface area contributed by atoms with Gasteiger partial charge in [-0.2, -0.15) is 0 Å². The molecule has 2 bridgehead atoms. The molecule has 4 heteroatoms. The summed E-state index contributed by atoms with van der Waals surface area (Å²) in [5.41, 5.74) is 2.39. The Hall–Kier alpha value is -1.97. The van der Waals surface area contributed by atoms with Crippen molar-refractivity contribution < 1.29 is 9.90 Å². The lowest BCUT2D eigenvalue weighted by molar-refractivity contribution is 0.201. The lowest BCUT2D eigenvalue weighted by Gasteiger charge is -2.27. The van der Waals surface area contributed by atoms with E-state index in [9.17, 15) is 9.90 Å². The summed E-state index contributed by atoms with van der Waals surface area (Å²) in [5, 5.41) is 12.5. The maximum atomic E-state index is 12.4.